The number of carbonyl (C=O) groups excluding carboxylic acids is 1. The standard InChI is InChI=1S/C15H30N2O3/c1-5-6-13(16-9-12-7-8-19-11-12)10-17-14(18)20-15(2,3)4/h12-13,16H,5-11H2,1-4H3,(H,17,18). The van der Waals surface area contributed by atoms with Crippen LogP contribution in [0.4, 0.5) is 4.79 Å². The van der Waals surface area contributed by atoms with Gasteiger partial charge in [-0.3, -0.25) is 0 Å². The SMILES string of the molecule is CCCC(CNC(=O)OC(C)(C)C)NCC1CCOC1. The average Bonchev–Trinajstić information content (AvgIpc) is 2.83. The molecule has 0 radical (unpaired) electrons. The normalized spacial score (nSPS) is 20.7. The Kier molecular flexibility index (Phi) is 7.30. The third kappa shape index (κ3) is 7.70. The van der Waals surface area contributed by atoms with Gasteiger partial charge in [0.25, 0.3) is 0 Å². The van der Waals surface area contributed by atoms with Gasteiger partial charge in [0.15, 0.2) is 0 Å². The Labute approximate surface area is 122 Å². The number of ether oxygens (including phenoxy) is 2. The molecule has 1 rings (SSSR count). The van der Waals surface area contributed by atoms with E-state index >= 15 is 0 Å². The van der Waals surface area contributed by atoms with Gasteiger partial charge < -0.3 is 20.1 Å². The summed E-state index contributed by atoms with van der Waals surface area (Å²) in [6, 6.07) is 0.299. The molecule has 0 aromatic carbocycles. The maximum Gasteiger partial charge on any atom is 0.407 e. The Morgan fingerprint density at radius 1 is 1.45 bits per heavy atom. The van der Waals surface area contributed by atoms with Crippen LogP contribution in [0.5, 0.6) is 0 Å². The zero-order valence-electron chi connectivity index (χ0n) is 13.3. The molecule has 118 valence electrons. The van der Waals surface area contributed by atoms with Crippen LogP contribution in [-0.2, 0) is 9.47 Å². The highest BCUT2D eigenvalue weighted by molar-refractivity contribution is 5.67. The highest BCUT2D eigenvalue weighted by Crippen LogP contribution is 2.11. The monoisotopic (exact) mass is 286 g/mol. The topological polar surface area (TPSA) is 59.6 Å². The van der Waals surface area contributed by atoms with Crippen LogP contribution >= 0.6 is 0 Å². The number of hydrogen-bond acceptors (Lipinski definition) is 4. The molecule has 2 N–H and O–H groups in total. The van der Waals surface area contributed by atoms with Crippen LogP contribution in [-0.4, -0.2) is 44.0 Å². The van der Waals surface area contributed by atoms with Gasteiger partial charge in [-0.05, 0) is 39.5 Å². The molecule has 1 aliphatic heterocycles. The molecule has 0 spiro atoms. The number of amides is 1. The summed E-state index contributed by atoms with van der Waals surface area (Å²) in [4.78, 5) is 11.6. The molecule has 1 heterocycles. The molecule has 5 nitrogen and oxygen atoms in total. The Bertz CT molecular complexity index is 283. The zero-order valence-corrected chi connectivity index (χ0v) is 13.3. The van der Waals surface area contributed by atoms with E-state index in [0.29, 0.717) is 18.5 Å². The van der Waals surface area contributed by atoms with E-state index in [9.17, 15) is 4.79 Å². The molecule has 0 aliphatic carbocycles. The fourth-order valence-corrected chi connectivity index (χ4v) is 2.22. The lowest BCUT2D eigenvalue weighted by molar-refractivity contribution is 0.0521. The molecule has 1 aliphatic rings. The van der Waals surface area contributed by atoms with Crippen molar-refractivity contribution in [3.8, 4) is 0 Å². The van der Waals surface area contributed by atoms with Crippen molar-refractivity contribution in [2.24, 2.45) is 5.92 Å². The van der Waals surface area contributed by atoms with E-state index in [0.717, 1.165) is 39.0 Å². The lowest BCUT2D eigenvalue weighted by atomic mass is 10.1. The van der Waals surface area contributed by atoms with Crippen LogP contribution < -0.4 is 10.6 Å². The van der Waals surface area contributed by atoms with Crippen LogP contribution in [0.15, 0.2) is 0 Å². The first-order chi connectivity index (χ1) is 9.40. The molecule has 1 saturated heterocycles. The van der Waals surface area contributed by atoms with E-state index in [1.165, 1.54) is 0 Å². The van der Waals surface area contributed by atoms with Gasteiger partial charge in [-0.25, -0.2) is 4.79 Å². The molecular weight excluding hydrogens is 256 g/mol. The van der Waals surface area contributed by atoms with Crippen LogP contribution in [0.25, 0.3) is 0 Å². The largest absolute Gasteiger partial charge is 0.444 e. The summed E-state index contributed by atoms with van der Waals surface area (Å²) in [5, 5.41) is 6.38. The highest BCUT2D eigenvalue weighted by atomic mass is 16.6. The summed E-state index contributed by atoms with van der Waals surface area (Å²) < 4.78 is 10.6. The first-order valence-corrected chi connectivity index (χ1v) is 7.68. The van der Waals surface area contributed by atoms with Gasteiger partial charge in [0.1, 0.15) is 5.60 Å². The van der Waals surface area contributed by atoms with Crippen molar-refractivity contribution in [2.75, 3.05) is 26.3 Å². The fourth-order valence-electron chi connectivity index (χ4n) is 2.22. The zero-order chi connectivity index (χ0) is 15.0. The van der Waals surface area contributed by atoms with Gasteiger partial charge in [-0.15, -0.1) is 0 Å². The number of rotatable bonds is 7. The first kappa shape index (κ1) is 17.2. The summed E-state index contributed by atoms with van der Waals surface area (Å²) in [6.07, 6.45) is 2.92. The molecule has 0 saturated carbocycles. The Hall–Kier alpha value is -0.810. The maximum absolute atomic E-state index is 11.6. The molecule has 2 unspecified atom stereocenters. The third-order valence-electron chi connectivity index (χ3n) is 3.25. The second kappa shape index (κ2) is 8.47. The van der Waals surface area contributed by atoms with Gasteiger partial charge in [0.05, 0.1) is 6.61 Å². The maximum atomic E-state index is 11.6. The predicted molar refractivity (Wildman–Crippen MR) is 79.9 cm³/mol. The second-order valence-electron chi connectivity index (χ2n) is 6.51. The molecule has 1 amide bonds. The molecule has 1 fully saturated rings. The van der Waals surface area contributed by atoms with Crippen LogP contribution in [0.1, 0.15) is 47.0 Å². The minimum absolute atomic E-state index is 0.299. The van der Waals surface area contributed by atoms with Crippen LogP contribution in [0, 0.1) is 5.92 Å². The lowest BCUT2D eigenvalue weighted by Gasteiger charge is -2.23. The Morgan fingerprint density at radius 3 is 2.75 bits per heavy atom. The van der Waals surface area contributed by atoms with Crippen LogP contribution in [0.3, 0.4) is 0 Å². The summed E-state index contributed by atoms with van der Waals surface area (Å²) in [5.74, 6) is 0.607. The van der Waals surface area contributed by atoms with Gasteiger partial charge in [0, 0.05) is 25.7 Å². The predicted octanol–water partition coefficient (Wildman–Crippen LogP) is 2.31. The molecule has 0 aromatic rings. The molecule has 0 aromatic heterocycles. The number of carbonyl (C=O) groups is 1. The van der Waals surface area contributed by atoms with Crippen molar-refractivity contribution in [3.05, 3.63) is 0 Å². The highest BCUT2D eigenvalue weighted by Gasteiger charge is 2.19. The van der Waals surface area contributed by atoms with Crippen molar-refractivity contribution >= 4 is 6.09 Å². The summed E-state index contributed by atoms with van der Waals surface area (Å²) in [7, 11) is 0. The second-order valence-corrected chi connectivity index (χ2v) is 6.51. The molecule has 0 bridgehead atoms. The van der Waals surface area contributed by atoms with E-state index in [1.54, 1.807) is 0 Å². The quantitative estimate of drug-likeness (QED) is 0.754. The smallest absolute Gasteiger partial charge is 0.407 e. The summed E-state index contributed by atoms with van der Waals surface area (Å²) in [6.45, 7) is 11.1. The van der Waals surface area contributed by atoms with E-state index in [-0.39, 0.29) is 6.09 Å². The van der Waals surface area contributed by atoms with Crippen molar-refractivity contribution in [2.45, 2.75) is 58.6 Å². The molecular formula is C15H30N2O3. The number of hydrogen-bond donors (Lipinski definition) is 2. The van der Waals surface area contributed by atoms with Crippen molar-refractivity contribution in [1.29, 1.82) is 0 Å². The Balaban J connectivity index is 2.25. The minimum atomic E-state index is -0.445. The lowest BCUT2D eigenvalue weighted by Crippen LogP contribution is -2.44. The molecule has 20 heavy (non-hydrogen) atoms. The van der Waals surface area contributed by atoms with Crippen molar-refractivity contribution < 1.29 is 14.3 Å². The van der Waals surface area contributed by atoms with Crippen LogP contribution in [0.2, 0.25) is 0 Å². The third-order valence-corrected chi connectivity index (χ3v) is 3.25. The van der Waals surface area contributed by atoms with E-state index < -0.39 is 5.60 Å². The molecule has 5 heteroatoms. The van der Waals surface area contributed by atoms with E-state index in [1.807, 2.05) is 20.8 Å². The average molecular weight is 286 g/mol. The van der Waals surface area contributed by atoms with E-state index in [2.05, 4.69) is 17.6 Å². The minimum Gasteiger partial charge on any atom is -0.444 e. The van der Waals surface area contributed by atoms with Gasteiger partial charge in [0.2, 0.25) is 0 Å². The first-order valence-electron chi connectivity index (χ1n) is 7.68. The van der Waals surface area contributed by atoms with Gasteiger partial charge in [-0.2, -0.15) is 0 Å². The number of alkyl carbamates (subject to hydrolysis) is 1. The Morgan fingerprint density at radius 2 is 2.20 bits per heavy atom. The number of nitrogens with one attached hydrogen (secondary N) is 2. The van der Waals surface area contributed by atoms with Gasteiger partial charge in [-0.1, -0.05) is 13.3 Å². The van der Waals surface area contributed by atoms with Crippen molar-refractivity contribution in [3.63, 3.8) is 0 Å². The molecule has 2 atom stereocenters. The fraction of sp³-hybridized carbons (Fsp3) is 0.933. The van der Waals surface area contributed by atoms with Gasteiger partial charge >= 0.3 is 6.09 Å². The summed E-state index contributed by atoms with van der Waals surface area (Å²) in [5.41, 5.74) is -0.445. The summed E-state index contributed by atoms with van der Waals surface area (Å²) >= 11 is 0. The van der Waals surface area contributed by atoms with E-state index in [4.69, 9.17) is 9.47 Å². The van der Waals surface area contributed by atoms with Crippen molar-refractivity contribution in [1.82, 2.24) is 10.6 Å².